The summed E-state index contributed by atoms with van der Waals surface area (Å²) >= 11 is 0. The maximum atomic E-state index is 13.6. The summed E-state index contributed by atoms with van der Waals surface area (Å²) in [6.07, 6.45) is 1.41. The van der Waals surface area contributed by atoms with Gasteiger partial charge in [0, 0.05) is 12.1 Å². The highest BCUT2D eigenvalue weighted by atomic mass is 19.1. The SMILES string of the molecule is Cc1ccoc1C(=O)Nc1ccc(CN)cc1F. The Hall–Kier alpha value is -2.14. The van der Waals surface area contributed by atoms with Crippen LogP contribution in [0.1, 0.15) is 21.7 Å². The van der Waals surface area contributed by atoms with Crippen LogP contribution in [0, 0.1) is 12.7 Å². The number of hydrogen-bond acceptors (Lipinski definition) is 3. The number of nitrogens with two attached hydrogens (primary N) is 1. The van der Waals surface area contributed by atoms with E-state index in [0.29, 0.717) is 11.1 Å². The Kier molecular flexibility index (Phi) is 3.43. The fourth-order valence-corrected chi connectivity index (χ4v) is 1.57. The summed E-state index contributed by atoms with van der Waals surface area (Å²) in [5.41, 5.74) is 6.87. The largest absolute Gasteiger partial charge is 0.459 e. The van der Waals surface area contributed by atoms with Crippen LogP contribution in [0.2, 0.25) is 0 Å². The standard InChI is InChI=1S/C13H13FN2O2/c1-8-4-5-18-12(8)13(17)16-11-3-2-9(7-15)6-10(11)14/h2-6H,7,15H2,1H3,(H,16,17). The van der Waals surface area contributed by atoms with E-state index in [0.717, 1.165) is 0 Å². The van der Waals surface area contributed by atoms with Crippen LogP contribution in [0.15, 0.2) is 34.9 Å². The summed E-state index contributed by atoms with van der Waals surface area (Å²) in [6.45, 7) is 1.99. The Balaban J connectivity index is 2.20. The molecule has 2 aromatic rings. The molecule has 0 unspecified atom stereocenters. The molecule has 0 aliphatic rings. The molecule has 1 amide bonds. The molecule has 0 aliphatic carbocycles. The summed E-state index contributed by atoms with van der Waals surface area (Å²) in [5, 5.41) is 2.46. The third-order valence-corrected chi connectivity index (χ3v) is 2.59. The number of anilines is 1. The topological polar surface area (TPSA) is 68.3 Å². The van der Waals surface area contributed by atoms with Crippen LogP contribution < -0.4 is 11.1 Å². The van der Waals surface area contributed by atoms with Crippen molar-refractivity contribution >= 4 is 11.6 Å². The van der Waals surface area contributed by atoms with Crippen molar-refractivity contribution in [3.8, 4) is 0 Å². The molecule has 18 heavy (non-hydrogen) atoms. The van der Waals surface area contributed by atoms with Crippen LogP contribution in [0.25, 0.3) is 0 Å². The van der Waals surface area contributed by atoms with Crippen molar-refractivity contribution < 1.29 is 13.6 Å². The summed E-state index contributed by atoms with van der Waals surface area (Å²) < 4.78 is 18.7. The number of nitrogens with one attached hydrogen (secondary N) is 1. The Morgan fingerprint density at radius 1 is 1.44 bits per heavy atom. The monoisotopic (exact) mass is 248 g/mol. The highest BCUT2D eigenvalue weighted by Crippen LogP contribution is 2.18. The average molecular weight is 248 g/mol. The van der Waals surface area contributed by atoms with Crippen LogP contribution in [-0.2, 0) is 6.54 Å². The van der Waals surface area contributed by atoms with E-state index in [1.54, 1.807) is 19.1 Å². The fraction of sp³-hybridized carbons (Fsp3) is 0.154. The summed E-state index contributed by atoms with van der Waals surface area (Å²) in [4.78, 5) is 11.8. The van der Waals surface area contributed by atoms with Crippen molar-refractivity contribution in [2.75, 3.05) is 5.32 Å². The second-order valence-electron chi connectivity index (χ2n) is 3.91. The van der Waals surface area contributed by atoms with Gasteiger partial charge in [-0.3, -0.25) is 4.79 Å². The second-order valence-corrected chi connectivity index (χ2v) is 3.91. The molecule has 0 saturated heterocycles. The maximum Gasteiger partial charge on any atom is 0.291 e. The molecule has 0 radical (unpaired) electrons. The van der Waals surface area contributed by atoms with Gasteiger partial charge in [-0.25, -0.2) is 4.39 Å². The lowest BCUT2D eigenvalue weighted by molar-refractivity contribution is 0.0995. The van der Waals surface area contributed by atoms with Gasteiger partial charge in [-0.05, 0) is 30.7 Å². The number of hydrogen-bond donors (Lipinski definition) is 2. The average Bonchev–Trinajstić information content (AvgIpc) is 2.78. The van der Waals surface area contributed by atoms with E-state index in [2.05, 4.69) is 5.32 Å². The van der Waals surface area contributed by atoms with Gasteiger partial charge in [-0.2, -0.15) is 0 Å². The Bertz CT molecular complexity index is 578. The zero-order chi connectivity index (χ0) is 13.1. The van der Waals surface area contributed by atoms with Crippen molar-refractivity contribution in [2.45, 2.75) is 13.5 Å². The highest BCUT2D eigenvalue weighted by Gasteiger charge is 2.14. The lowest BCUT2D eigenvalue weighted by Crippen LogP contribution is -2.13. The van der Waals surface area contributed by atoms with Crippen molar-refractivity contribution in [1.29, 1.82) is 0 Å². The number of furan rings is 1. The third-order valence-electron chi connectivity index (χ3n) is 2.59. The molecule has 94 valence electrons. The van der Waals surface area contributed by atoms with Crippen molar-refractivity contribution in [1.82, 2.24) is 0 Å². The zero-order valence-electron chi connectivity index (χ0n) is 9.87. The molecule has 0 aliphatic heterocycles. The van der Waals surface area contributed by atoms with Gasteiger partial charge in [-0.1, -0.05) is 6.07 Å². The van der Waals surface area contributed by atoms with Gasteiger partial charge in [0.2, 0.25) is 0 Å². The molecule has 0 saturated carbocycles. The molecule has 1 aromatic carbocycles. The van der Waals surface area contributed by atoms with Crippen LogP contribution in [0.5, 0.6) is 0 Å². The molecule has 0 fully saturated rings. The van der Waals surface area contributed by atoms with Crippen LogP contribution in [-0.4, -0.2) is 5.91 Å². The van der Waals surface area contributed by atoms with Gasteiger partial charge < -0.3 is 15.5 Å². The smallest absolute Gasteiger partial charge is 0.291 e. The number of carbonyl (C=O) groups is 1. The first-order valence-corrected chi connectivity index (χ1v) is 5.45. The number of carbonyl (C=O) groups excluding carboxylic acids is 1. The van der Waals surface area contributed by atoms with E-state index in [9.17, 15) is 9.18 Å². The fourth-order valence-electron chi connectivity index (χ4n) is 1.57. The second kappa shape index (κ2) is 5.01. The van der Waals surface area contributed by atoms with Crippen molar-refractivity contribution in [3.05, 3.63) is 53.2 Å². The number of benzene rings is 1. The minimum absolute atomic E-state index is 0.105. The molecule has 0 bridgehead atoms. The minimum Gasteiger partial charge on any atom is -0.459 e. The first kappa shape index (κ1) is 12.3. The minimum atomic E-state index is -0.518. The predicted octanol–water partition coefficient (Wildman–Crippen LogP) is 2.44. The Labute approximate surface area is 104 Å². The summed E-state index contributed by atoms with van der Waals surface area (Å²) in [6, 6.07) is 6.11. The summed E-state index contributed by atoms with van der Waals surface area (Å²) in [5.74, 6) is -0.815. The number of rotatable bonds is 3. The van der Waals surface area contributed by atoms with E-state index in [1.165, 1.54) is 18.4 Å². The van der Waals surface area contributed by atoms with E-state index >= 15 is 0 Å². The van der Waals surface area contributed by atoms with Crippen molar-refractivity contribution in [2.24, 2.45) is 5.73 Å². The summed E-state index contributed by atoms with van der Waals surface area (Å²) in [7, 11) is 0. The van der Waals surface area contributed by atoms with Gasteiger partial charge in [0.1, 0.15) is 5.82 Å². The van der Waals surface area contributed by atoms with Gasteiger partial charge in [0.15, 0.2) is 5.76 Å². The lowest BCUT2D eigenvalue weighted by atomic mass is 10.2. The molecule has 1 aromatic heterocycles. The van der Waals surface area contributed by atoms with Crippen molar-refractivity contribution in [3.63, 3.8) is 0 Å². The highest BCUT2D eigenvalue weighted by molar-refractivity contribution is 6.03. The van der Waals surface area contributed by atoms with Gasteiger partial charge in [0.25, 0.3) is 5.91 Å². The van der Waals surface area contributed by atoms with E-state index < -0.39 is 11.7 Å². The molecular weight excluding hydrogens is 235 g/mol. The molecular formula is C13H13FN2O2. The van der Waals surface area contributed by atoms with Gasteiger partial charge in [-0.15, -0.1) is 0 Å². The Morgan fingerprint density at radius 3 is 2.78 bits per heavy atom. The number of halogens is 1. The zero-order valence-corrected chi connectivity index (χ0v) is 9.87. The molecule has 3 N–H and O–H groups in total. The quantitative estimate of drug-likeness (QED) is 0.876. The van der Waals surface area contributed by atoms with Gasteiger partial charge in [0.05, 0.1) is 12.0 Å². The normalized spacial score (nSPS) is 10.4. The van der Waals surface area contributed by atoms with Crippen LogP contribution >= 0.6 is 0 Å². The first-order chi connectivity index (χ1) is 8.61. The molecule has 4 nitrogen and oxygen atoms in total. The van der Waals surface area contributed by atoms with E-state index in [4.69, 9.17) is 10.2 Å². The molecule has 0 atom stereocenters. The van der Waals surface area contributed by atoms with E-state index in [-0.39, 0.29) is 18.0 Å². The van der Waals surface area contributed by atoms with Crippen LogP contribution in [0.4, 0.5) is 10.1 Å². The molecule has 5 heteroatoms. The van der Waals surface area contributed by atoms with Crippen LogP contribution in [0.3, 0.4) is 0 Å². The molecule has 2 rings (SSSR count). The van der Waals surface area contributed by atoms with E-state index in [1.807, 2.05) is 0 Å². The number of amides is 1. The lowest BCUT2D eigenvalue weighted by Gasteiger charge is -2.06. The third kappa shape index (κ3) is 2.41. The molecule has 1 heterocycles. The number of aryl methyl sites for hydroxylation is 1. The first-order valence-electron chi connectivity index (χ1n) is 5.45. The molecule has 0 spiro atoms. The Morgan fingerprint density at radius 2 is 2.22 bits per heavy atom. The predicted molar refractivity (Wildman–Crippen MR) is 65.7 cm³/mol. The van der Waals surface area contributed by atoms with Gasteiger partial charge >= 0.3 is 0 Å². The maximum absolute atomic E-state index is 13.6.